The van der Waals surface area contributed by atoms with E-state index in [1.54, 1.807) is 40.9 Å². The van der Waals surface area contributed by atoms with E-state index < -0.39 is 0 Å². The van der Waals surface area contributed by atoms with Crippen LogP contribution in [0.25, 0.3) is 0 Å². The molecule has 0 aromatic heterocycles. The Hall–Kier alpha value is -2.76. The number of nitrogens with zero attached hydrogens (tertiary/aromatic N) is 1. The number of fused-ring (bicyclic) bond motifs is 2. The Morgan fingerprint density at radius 2 is 1.61 bits per heavy atom. The molecule has 4 rings (SSSR count). The number of carbonyl (C=O) groups is 2. The van der Waals surface area contributed by atoms with Crippen LogP contribution >= 0.6 is 23.4 Å². The molecule has 140 valence electrons. The molecule has 1 amide bonds. The SMILES string of the molecule is O=C(CCl)c1ccc2c(c1)N(C(=O)COc1ccccc1)c1ccccc1S2. The Morgan fingerprint density at radius 3 is 2.39 bits per heavy atom. The van der Waals surface area contributed by atoms with E-state index in [1.807, 2.05) is 48.5 Å². The number of benzene rings is 3. The van der Waals surface area contributed by atoms with E-state index in [4.69, 9.17) is 16.3 Å². The zero-order valence-electron chi connectivity index (χ0n) is 14.8. The highest BCUT2D eigenvalue weighted by atomic mass is 35.5. The van der Waals surface area contributed by atoms with Crippen LogP contribution < -0.4 is 9.64 Å². The highest BCUT2D eigenvalue weighted by molar-refractivity contribution is 7.99. The van der Waals surface area contributed by atoms with Gasteiger partial charge in [0.2, 0.25) is 0 Å². The number of carbonyl (C=O) groups excluding carboxylic acids is 2. The predicted molar refractivity (Wildman–Crippen MR) is 111 cm³/mol. The molecule has 28 heavy (non-hydrogen) atoms. The summed E-state index contributed by atoms with van der Waals surface area (Å²) in [4.78, 5) is 28.7. The normalized spacial score (nSPS) is 12.1. The van der Waals surface area contributed by atoms with Gasteiger partial charge in [-0.1, -0.05) is 48.2 Å². The van der Waals surface area contributed by atoms with E-state index in [0.29, 0.717) is 17.0 Å². The molecule has 0 saturated carbocycles. The van der Waals surface area contributed by atoms with E-state index in [-0.39, 0.29) is 24.2 Å². The Morgan fingerprint density at radius 1 is 0.893 bits per heavy atom. The Labute approximate surface area is 172 Å². The van der Waals surface area contributed by atoms with Crippen molar-refractivity contribution in [3.05, 3.63) is 78.4 Å². The Bertz CT molecular complexity index is 1040. The second-order valence-electron chi connectivity index (χ2n) is 6.14. The Kier molecular flexibility index (Phi) is 5.37. The molecule has 1 aliphatic rings. The van der Waals surface area contributed by atoms with E-state index >= 15 is 0 Å². The lowest BCUT2D eigenvalue weighted by Crippen LogP contribution is -2.33. The molecule has 0 N–H and O–H groups in total. The van der Waals surface area contributed by atoms with Gasteiger partial charge < -0.3 is 4.74 Å². The number of halogens is 1. The summed E-state index contributed by atoms with van der Waals surface area (Å²) < 4.78 is 5.66. The van der Waals surface area contributed by atoms with Crippen molar-refractivity contribution >= 4 is 46.4 Å². The zero-order chi connectivity index (χ0) is 19.5. The van der Waals surface area contributed by atoms with Crippen LogP contribution in [0.15, 0.2) is 82.6 Å². The summed E-state index contributed by atoms with van der Waals surface area (Å²) in [5, 5.41) is 0. The fourth-order valence-electron chi connectivity index (χ4n) is 3.00. The van der Waals surface area contributed by atoms with Crippen molar-refractivity contribution in [2.45, 2.75) is 9.79 Å². The average Bonchev–Trinajstić information content (AvgIpc) is 2.75. The second kappa shape index (κ2) is 8.09. The van der Waals surface area contributed by atoms with Crippen molar-refractivity contribution in [3.63, 3.8) is 0 Å². The molecule has 0 aliphatic carbocycles. The number of para-hydroxylation sites is 2. The van der Waals surface area contributed by atoms with Crippen LogP contribution in [-0.2, 0) is 4.79 Å². The van der Waals surface area contributed by atoms with E-state index in [2.05, 4.69) is 0 Å². The summed E-state index contributed by atoms with van der Waals surface area (Å²) in [6.45, 7) is -0.115. The number of anilines is 2. The van der Waals surface area contributed by atoms with Crippen molar-refractivity contribution in [1.82, 2.24) is 0 Å². The number of Topliss-reactive ketones (excluding diaryl/α,β-unsaturated/α-hetero) is 1. The maximum atomic E-state index is 13.1. The van der Waals surface area contributed by atoms with Crippen LogP contribution in [0.4, 0.5) is 11.4 Å². The molecule has 0 saturated heterocycles. The van der Waals surface area contributed by atoms with Crippen molar-refractivity contribution in [3.8, 4) is 5.75 Å². The average molecular weight is 410 g/mol. The van der Waals surface area contributed by atoms with Crippen LogP contribution in [0.2, 0.25) is 0 Å². The van der Waals surface area contributed by atoms with Gasteiger partial charge in [0.15, 0.2) is 12.4 Å². The van der Waals surface area contributed by atoms with Crippen LogP contribution in [-0.4, -0.2) is 24.2 Å². The largest absolute Gasteiger partial charge is 0.484 e. The van der Waals surface area contributed by atoms with Crippen LogP contribution in [0.3, 0.4) is 0 Å². The number of hydrogen-bond acceptors (Lipinski definition) is 4. The smallest absolute Gasteiger partial charge is 0.269 e. The quantitative estimate of drug-likeness (QED) is 0.423. The van der Waals surface area contributed by atoms with Crippen molar-refractivity contribution in [1.29, 1.82) is 0 Å². The van der Waals surface area contributed by atoms with Crippen LogP contribution in [0.5, 0.6) is 5.75 Å². The molecule has 0 bridgehead atoms. The van der Waals surface area contributed by atoms with Gasteiger partial charge in [0.1, 0.15) is 5.75 Å². The van der Waals surface area contributed by atoms with Gasteiger partial charge in [-0.2, -0.15) is 0 Å². The molecular formula is C22H16ClNO3S. The third-order valence-corrected chi connectivity index (χ3v) is 5.70. The van der Waals surface area contributed by atoms with Gasteiger partial charge in [0, 0.05) is 15.4 Å². The molecule has 1 heterocycles. The predicted octanol–water partition coefficient (Wildman–Crippen LogP) is 5.32. The van der Waals surface area contributed by atoms with E-state index in [0.717, 1.165) is 15.5 Å². The Balaban J connectivity index is 1.70. The molecule has 3 aromatic rings. The molecule has 0 fully saturated rings. The van der Waals surface area contributed by atoms with Gasteiger partial charge in [-0.25, -0.2) is 0 Å². The third-order valence-electron chi connectivity index (χ3n) is 4.32. The molecular weight excluding hydrogens is 394 g/mol. The van der Waals surface area contributed by atoms with Crippen molar-refractivity contribution in [2.24, 2.45) is 0 Å². The first kappa shape index (κ1) is 18.6. The first-order valence-electron chi connectivity index (χ1n) is 8.68. The number of rotatable bonds is 5. The standard InChI is InChI=1S/C22H16ClNO3S/c23-13-19(25)15-10-11-21-18(12-15)24(17-8-4-5-9-20(17)28-21)22(26)14-27-16-6-2-1-3-7-16/h1-12H,13-14H2. The molecule has 0 atom stereocenters. The third kappa shape index (κ3) is 3.63. The highest BCUT2D eigenvalue weighted by Crippen LogP contribution is 2.48. The van der Waals surface area contributed by atoms with E-state index in [1.165, 1.54) is 0 Å². The van der Waals surface area contributed by atoms with Crippen LogP contribution in [0.1, 0.15) is 10.4 Å². The molecule has 1 aliphatic heterocycles. The maximum absolute atomic E-state index is 13.1. The lowest BCUT2D eigenvalue weighted by Gasteiger charge is -2.31. The first-order chi connectivity index (χ1) is 13.7. The van der Waals surface area contributed by atoms with Gasteiger partial charge in [-0.3, -0.25) is 14.5 Å². The first-order valence-corrected chi connectivity index (χ1v) is 10.0. The summed E-state index contributed by atoms with van der Waals surface area (Å²) >= 11 is 7.28. The summed E-state index contributed by atoms with van der Waals surface area (Å²) in [5.41, 5.74) is 1.92. The fraction of sp³-hybridized carbons (Fsp3) is 0.0909. The van der Waals surface area contributed by atoms with Gasteiger partial charge in [0.05, 0.1) is 17.3 Å². The van der Waals surface area contributed by atoms with Gasteiger partial charge in [-0.15, -0.1) is 11.6 Å². The minimum atomic E-state index is -0.215. The van der Waals surface area contributed by atoms with Crippen molar-refractivity contribution in [2.75, 3.05) is 17.4 Å². The molecule has 6 heteroatoms. The van der Waals surface area contributed by atoms with Gasteiger partial charge in [0.25, 0.3) is 5.91 Å². The lowest BCUT2D eigenvalue weighted by atomic mass is 10.1. The number of ketones is 1. The van der Waals surface area contributed by atoms with Gasteiger partial charge >= 0.3 is 0 Å². The topological polar surface area (TPSA) is 46.6 Å². The van der Waals surface area contributed by atoms with Gasteiger partial charge in [-0.05, 0) is 36.4 Å². The summed E-state index contributed by atoms with van der Waals surface area (Å²) in [6.07, 6.45) is 0. The molecule has 0 unspecified atom stereocenters. The zero-order valence-corrected chi connectivity index (χ0v) is 16.4. The number of amides is 1. The maximum Gasteiger partial charge on any atom is 0.269 e. The number of alkyl halides is 1. The molecule has 3 aromatic carbocycles. The number of hydrogen-bond donors (Lipinski definition) is 0. The lowest BCUT2D eigenvalue weighted by molar-refractivity contribution is -0.119. The fourth-order valence-corrected chi connectivity index (χ4v) is 4.19. The molecule has 0 radical (unpaired) electrons. The van der Waals surface area contributed by atoms with Crippen molar-refractivity contribution < 1.29 is 14.3 Å². The van der Waals surface area contributed by atoms with Crippen LogP contribution in [0, 0.1) is 0 Å². The second-order valence-corrected chi connectivity index (χ2v) is 7.49. The minimum Gasteiger partial charge on any atom is -0.484 e. The minimum absolute atomic E-state index is 0.104. The summed E-state index contributed by atoms with van der Waals surface area (Å²) in [7, 11) is 0. The highest BCUT2D eigenvalue weighted by Gasteiger charge is 2.29. The molecule has 4 nitrogen and oxygen atoms in total. The summed E-state index contributed by atoms with van der Waals surface area (Å²) in [6, 6.07) is 22.2. The monoisotopic (exact) mass is 409 g/mol. The van der Waals surface area contributed by atoms with E-state index in [9.17, 15) is 9.59 Å². The molecule has 0 spiro atoms. The summed E-state index contributed by atoms with van der Waals surface area (Å²) in [5.74, 6) is 0.129. The number of ether oxygens (including phenoxy) is 1.